The Morgan fingerprint density at radius 2 is 2.00 bits per heavy atom. The first-order valence-electron chi connectivity index (χ1n) is 6.88. The van der Waals surface area contributed by atoms with Crippen molar-refractivity contribution >= 4 is 15.9 Å². The lowest BCUT2D eigenvalue weighted by molar-refractivity contribution is 0.156. The fourth-order valence-electron chi connectivity index (χ4n) is 2.82. The summed E-state index contributed by atoms with van der Waals surface area (Å²) in [7, 11) is 0. The molecule has 1 aliphatic carbocycles. The van der Waals surface area contributed by atoms with Crippen molar-refractivity contribution in [3.8, 4) is 0 Å². The van der Waals surface area contributed by atoms with E-state index >= 15 is 0 Å². The predicted molar refractivity (Wildman–Crippen MR) is 77.1 cm³/mol. The molecule has 0 atom stereocenters. The van der Waals surface area contributed by atoms with Crippen LogP contribution in [0.1, 0.15) is 44.6 Å². The molecule has 0 bridgehead atoms. The van der Waals surface area contributed by atoms with Crippen LogP contribution in [-0.4, -0.2) is 17.5 Å². The van der Waals surface area contributed by atoms with E-state index in [2.05, 4.69) is 27.8 Å². The molecule has 3 heteroatoms. The van der Waals surface area contributed by atoms with Gasteiger partial charge in [0.05, 0.1) is 4.47 Å². The minimum atomic E-state index is -0.181. The standard InChI is InChI=1S/C15H21BrFN/c1-2-18(13-6-4-3-5-7-13)11-12-8-9-15(17)14(16)10-12/h8-10,13H,2-7,11H2,1H3. The van der Waals surface area contributed by atoms with Crippen molar-refractivity contribution in [3.63, 3.8) is 0 Å². The maximum Gasteiger partial charge on any atom is 0.137 e. The first-order chi connectivity index (χ1) is 8.70. The Morgan fingerprint density at radius 1 is 1.28 bits per heavy atom. The van der Waals surface area contributed by atoms with E-state index in [4.69, 9.17) is 0 Å². The summed E-state index contributed by atoms with van der Waals surface area (Å²) < 4.78 is 13.8. The maximum absolute atomic E-state index is 13.2. The number of rotatable bonds is 4. The van der Waals surface area contributed by atoms with Gasteiger partial charge in [-0.15, -0.1) is 0 Å². The Bertz CT molecular complexity index is 388. The first-order valence-corrected chi connectivity index (χ1v) is 7.68. The monoisotopic (exact) mass is 313 g/mol. The fraction of sp³-hybridized carbons (Fsp3) is 0.600. The molecule has 0 saturated heterocycles. The number of benzene rings is 1. The van der Waals surface area contributed by atoms with E-state index < -0.39 is 0 Å². The molecule has 0 unspecified atom stereocenters. The van der Waals surface area contributed by atoms with Crippen LogP contribution in [0.5, 0.6) is 0 Å². The zero-order chi connectivity index (χ0) is 13.0. The van der Waals surface area contributed by atoms with Crippen molar-refractivity contribution in [2.45, 2.75) is 51.6 Å². The molecule has 1 saturated carbocycles. The van der Waals surface area contributed by atoms with Gasteiger partial charge >= 0.3 is 0 Å². The maximum atomic E-state index is 13.2. The molecule has 0 aromatic heterocycles. The second-order valence-electron chi connectivity index (χ2n) is 5.10. The van der Waals surface area contributed by atoms with Gasteiger partial charge in [0.15, 0.2) is 0 Å². The largest absolute Gasteiger partial charge is 0.296 e. The van der Waals surface area contributed by atoms with Crippen LogP contribution in [0, 0.1) is 5.82 Å². The zero-order valence-corrected chi connectivity index (χ0v) is 12.5. The Kier molecular flexibility index (Phi) is 5.19. The Balaban J connectivity index is 2.02. The summed E-state index contributed by atoms with van der Waals surface area (Å²) in [5.74, 6) is -0.181. The molecule has 1 fully saturated rings. The van der Waals surface area contributed by atoms with E-state index in [-0.39, 0.29) is 5.82 Å². The normalized spacial score (nSPS) is 17.3. The van der Waals surface area contributed by atoms with Crippen LogP contribution in [0.25, 0.3) is 0 Å². The van der Waals surface area contributed by atoms with Crippen LogP contribution < -0.4 is 0 Å². The van der Waals surface area contributed by atoms with Gasteiger partial charge in [0.25, 0.3) is 0 Å². The van der Waals surface area contributed by atoms with Crippen molar-refractivity contribution < 1.29 is 4.39 Å². The molecule has 1 nitrogen and oxygen atoms in total. The molecule has 100 valence electrons. The molecule has 0 heterocycles. The van der Waals surface area contributed by atoms with Gasteiger partial charge in [-0.2, -0.15) is 0 Å². The summed E-state index contributed by atoms with van der Waals surface area (Å²) in [6, 6.07) is 6.06. The third kappa shape index (κ3) is 3.55. The molecule has 0 amide bonds. The number of nitrogens with zero attached hydrogens (tertiary/aromatic N) is 1. The van der Waals surface area contributed by atoms with E-state index in [0.29, 0.717) is 10.5 Å². The Morgan fingerprint density at radius 3 is 2.61 bits per heavy atom. The summed E-state index contributed by atoms with van der Waals surface area (Å²) in [5.41, 5.74) is 1.19. The third-order valence-corrected chi connectivity index (χ3v) is 4.47. The molecular formula is C15H21BrFN. The number of halogens is 2. The van der Waals surface area contributed by atoms with Crippen LogP contribution in [-0.2, 0) is 6.54 Å². The lowest BCUT2D eigenvalue weighted by atomic mass is 9.94. The summed E-state index contributed by atoms with van der Waals surface area (Å²) in [6.45, 7) is 4.22. The molecule has 0 spiro atoms. The van der Waals surface area contributed by atoms with Gasteiger partial charge in [0, 0.05) is 12.6 Å². The summed E-state index contributed by atoms with van der Waals surface area (Å²) >= 11 is 3.26. The van der Waals surface area contributed by atoms with Gasteiger partial charge in [-0.1, -0.05) is 32.3 Å². The van der Waals surface area contributed by atoms with E-state index in [1.54, 1.807) is 6.07 Å². The van der Waals surface area contributed by atoms with Gasteiger partial charge in [0.2, 0.25) is 0 Å². The second kappa shape index (κ2) is 6.67. The SMILES string of the molecule is CCN(Cc1ccc(F)c(Br)c1)C1CCCCC1. The molecule has 0 N–H and O–H groups in total. The fourth-order valence-corrected chi connectivity index (χ4v) is 3.24. The first kappa shape index (κ1) is 14.0. The van der Waals surface area contributed by atoms with Crippen LogP contribution in [0.2, 0.25) is 0 Å². The van der Waals surface area contributed by atoms with Gasteiger partial charge in [-0.25, -0.2) is 4.39 Å². The minimum Gasteiger partial charge on any atom is -0.296 e. The molecule has 1 aromatic carbocycles. The Labute approximate surface area is 118 Å². The molecule has 1 aliphatic rings. The van der Waals surface area contributed by atoms with E-state index in [9.17, 15) is 4.39 Å². The highest BCUT2D eigenvalue weighted by atomic mass is 79.9. The van der Waals surface area contributed by atoms with Gasteiger partial charge in [0.1, 0.15) is 5.82 Å². The highest BCUT2D eigenvalue weighted by Gasteiger charge is 2.19. The average molecular weight is 314 g/mol. The lowest BCUT2D eigenvalue weighted by Crippen LogP contribution is -2.36. The number of hydrogen-bond donors (Lipinski definition) is 0. The molecule has 0 aliphatic heterocycles. The highest BCUT2D eigenvalue weighted by Crippen LogP contribution is 2.25. The Hall–Kier alpha value is -0.410. The topological polar surface area (TPSA) is 3.24 Å². The van der Waals surface area contributed by atoms with Crippen molar-refractivity contribution in [2.75, 3.05) is 6.54 Å². The van der Waals surface area contributed by atoms with E-state index in [0.717, 1.165) is 13.1 Å². The third-order valence-electron chi connectivity index (χ3n) is 3.87. The molecule has 0 radical (unpaired) electrons. The van der Waals surface area contributed by atoms with Crippen molar-refractivity contribution in [3.05, 3.63) is 34.1 Å². The van der Waals surface area contributed by atoms with Crippen LogP contribution in [0.3, 0.4) is 0 Å². The van der Waals surface area contributed by atoms with Crippen molar-refractivity contribution in [1.82, 2.24) is 4.90 Å². The van der Waals surface area contributed by atoms with Crippen LogP contribution in [0.4, 0.5) is 4.39 Å². The summed E-state index contributed by atoms with van der Waals surface area (Å²) in [5, 5.41) is 0. The van der Waals surface area contributed by atoms with Crippen molar-refractivity contribution in [1.29, 1.82) is 0 Å². The number of hydrogen-bond acceptors (Lipinski definition) is 1. The van der Waals surface area contributed by atoms with Crippen molar-refractivity contribution in [2.24, 2.45) is 0 Å². The van der Waals surface area contributed by atoms with Crippen LogP contribution in [0.15, 0.2) is 22.7 Å². The smallest absolute Gasteiger partial charge is 0.137 e. The minimum absolute atomic E-state index is 0.181. The quantitative estimate of drug-likeness (QED) is 0.776. The van der Waals surface area contributed by atoms with Gasteiger partial charge < -0.3 is 0 Å². The highest BCUT2D eigenvalue weighted by molar-refractivity contribution is 9.10. The summed E-state index contributed by atoms with van der Waals surface area (Å²) in [6.07, 6.45) is 6.73. The zero-order valence-electron chi connectivity index (χ0n) is 11.0. The van der Waals surface area contributed by atoms with Crippen LogP contribution >= 0.6 is 15.9 Å². The average Bonchev–Trinajstić information content (AvgIpc) is 2.41. The lowest BCUT2D eigenvalue weighted by Gasteiger charge is -2.33. The van der Waals surface area contributed by atoms with E-state index in [1.807, 2.05) is 12.1 Å². The van der Waals surface area contributed by atoms with Gasteiger partial charge in [-0.05, 0) is 53.0 Å². The van der Waals surface area contributed by atoms with E-state index in [1.165, 1.54) is 37.7 Å². The molecule has 2 rings (SSSR count). The second-order valence-corrected chi connectivity index (χ2v) is 5.96. The molecule has 18 heavy (non-hydrogen) atoms. The summed E-state index contributed by atoms with van der Waals surface area (Å²) in [4.78, 5) is 2.53. The predicted octanol–water partition coefficient (Wildman–Crippen LogP) is 4.74. The van der Waals surface area contributed by atoms with Gasteiger partial charge in [-0.3, -0.25) is 4.90 Å². The molecular weight excluding hydrogens is 293 g/mol. The molecule has 1 aromatic rings.